The molecule has 10 heteroatoms. The van der Waals surface area contributed by atoms with Gasteiger partial charge in [0.2, 0.25) is 5.60 Å². The van der Waals surface area contributed by atoms with E-state index in [1.807, 2.05) is 0 Å². The lowest BCUT2D eigenvalue weighted by Crippen LogP contribution is -2.45. The van der Waals surface area contributed by atoms with Crippen LogP contribution in [0.15, 0.2) is 48.8 Å². The minimum absolute atomic E-state index is 0.0332. The first-order valence-electron chi connectivity index (χ1n) is 9.86. The van der Waals surface area contributed by atoms with Crippen molar-refractivity contribution in [1.82, 2.24) is 19.4 Å². The number of hydrogen-bond acceptors (Lipinski definition) is 4. The number of alkyl halides is 3. The average Bonchev–Trinajstić information content (AvgIpc) is 3.18. The number of benzene rings is 1. The molecule has 1 aliphatic rings. The molecule has 2 atom stereocenters. The Labute approximate surface area is 181 Å². The molecule has 1 aliphatic heterocycles. The van der Waals surface area contributed by atoms with Crippen LogP contribution >= 0.6 is 0 Å². The normalized spacial score (nSPS) is 18.2. The number of nitrogens with zero attached hydrogens (tertiary/aromatic N) is 4. The summed E-state index contributed by atoms with van der Waals surface area (Å²) in [4.78, 5) is 22.5. The van der Waals surface area contributed by atoms with Crippen molar-refractivity contribution in [1.29, 1.82) is 0 Å². The van der Waals surface area contributed by atoms with Gasteiger partial charge in [-0.25, -0.2) is 9.37 Å². The fourth-order valence-electron chi connectivity index (χ4n) is 3.80. The predicted octanol–water partition coefficient (Wildman–Crippen LogP) is 4.07. The van der Waals surface area contributed by atoms with Gasteiger partial charge in [-0.2, -0.15) is 13.2 Å². The molecule has 2 aromatic heterocycles. The molecule has 0 fully saturated rings. The van der Waals surface area contributed by atoms with Gasteiger partial charge in [-0.05, 0) is 37.6 Å². The van der Waals surface area contributed by atoms with Crippen molar-refractivity contribution in [3.8, 4) is 11.1 Å². The maximum Gasteiger partial charge on any atom is 0.424 e. The number of amides is 1. The van der Waals surface area contributed by atoms with Crippen LogP contribution < -0.4 is 0 Å². The lowest BCUT2D eigenvalue weighted by atomic mass is 10.0. The van der Waals surface area contributed by atoms with Crippen molar-refractivity contribution in [2.45, 2.75) is 38.2 Å². The molecular formula is C22H20F4N4O2. The lowest BCUT2D eigenvalue weighted by molar-refractivity contribution is -0.263. The van der Waals surface area contributed by atoms with Gasteiger partial charge in [0.25, 0.3) is 5.91 Å². The van der Waals surface area contributed by atoms with Crippen LogP contribution in [0.4, 0.5) is 17.6 Å². The summed E-state index contributed by atoms with van der Waals surface area (Å²) in [5, 5.41) is 10.1. The van der Waals surface area contributed by atoms with Crippen LogP contribution in [-0.2, 0) is 12.1 Å². The van der Waals surface area contributed by atoms with E-state index in [2.05, 4.69) is 9.97 Å². The van der Waals surface area contributed by atoms with Crippen molar-refractivity contribution >= 4 is 5.91 Å². The van der Waals surface area contributed by atoms with Crippen LogP contribution in [0.25, 0.3) is 11.1 Å². The SMILES string of the molecule is C[C@H]1CN(C(=O)c2ccc(-c3ccc(F)cc3)cn2)Cc2cnc(C(C)(O)C(F)(F)F)n21. The molecule has 168 valence electrons. The lowest BCUT2D eigenvalue weighted by Gasteiger charge is -2.36. The minimum Gasteiger partial charge on any atom is -0.374 e. The second-order valence-electron chi connectivity index (χ2n) is 7.99. The van der Waals surface area contributed by atoms with E-state index in [1.165, 1.54) is 34.0 Å². The quantitative estimate of drug-likeness (QED) is 0.614. The number of aromatic nitrogens is 3. The second kappa shape index (κ2) is 7.70. The fourth-order valence-corrected chi connectivity index (χ4v) is 3.80. The molecular weight excluding hydrogens is 428 g/mol. The molecule has 1 aromatic carbocycles. The molecule has 0 saturated carbocycles. The van der Waals surface area contributed by atoms with E-state index in [9.17, 15) is 27.5 Å². The number of halogens is 4. The molecule has 0 aliphatic carbocycles. The Morgan fingerprint density at radius 3 is 2.31 bits per heavy atom. The highest BCUT2D eigenvalue weighted by Gasteiger charge is 2.55. The highest BCUT2D eigenvalue weighted by molar-refractivity contribution is 5.92. The highest BCUT2D eigenvalue weighted by atomic mass is 19.4. The van der Waals surface area contributed by atoms with E-state index in [1.54, 1.807) is 31.2 Å². The monoisotopic (exact) mass is 448 g/mol. The summed E-state index contributed by atoms with van der Waals surface area (Å²) in [6.07, 6.45) is -2.13. The average molecular weight is 448 g/mol. The highest BCUT2D eigenvalue weighted by Crippen LogP contribution is 2.40. The molecule has 0 spiro atoms. The Kier molecular flexibility index (Phi) is 5.28. The summed E-state index contributed by atoms with van der Waals surface area (Å²) in [6.45, 7) is 2.49. The zero-order valence-electron chi connectivity index (χ0n) is 17.3. The molecule has 6 nitrogen and oxygen atoms in total. The van der Waals surface area contributed by atoms with Crippen LogP contribution in [0.3, 0.4) is 0 Å². The van der Waals surface area contributed by atoms with E-state index in [-0.39, 0.29) is 30.5 Å². The first-order valence-corrected chi connectivity index (χ1v) is 9.86. The Balaban J connectivity index is 1.56. The molecule has 3 heterocycles. The maximum absolute atomic E-state index is 13.3. The number of fused-ring (bicyclic) bond motifs is 1. The van der Waals surface area contributed by atoms with Gasteiger partial charge in [-0.1, -0.05) is 18.2 Å². The Morgan fingerprint density at radius 1 is 1.06 bits per heavy atom. The summed E-state index contributed by atoms with van der Waals surface area (Å²) in [6, 6.07) is 8.59. The van der Waals surface area contributed by atoms with Gasteiger partial charge in [0.05, 0.1) is 24.5 Å². The molecule has 32 heavy (non-hydrogen) atoms. The molecule has 1 unspecified atom stereocenters. The minimum atomic E-state index is -4.89. The number of pyridine rings is 1. The zero-order chi connectivity index (χ0) is 23.3. The molecule has 3 aromatic rings. The van der Waals surface area contributed by atoms with E-state index in [0.29, 0.717) is 18.2 Å². The number of rotatable bonds is 3. The van der Waals surface area contributed by atoms with Crippen molar-refractivity contribution in [2.24, 2.45) is 0 Å². The third-order valence-corrected chi connectivity index (χ3v) is 5.59. The fraction of sp³-hybridized carbons (Fsp3) is 0.318. The smallest absolute Gasteiger partial charge is 0.374 e. The molecule has 1 amide bonds. The predicted molar refractivity (Wildman–Crippen MR) is 107 cm³/mol. The van der Waals surface area contributed by atoms with Crippen LogP contribution in [-0.4, -0.2) is 43.2 Å². The van der Waals surface area contributed by atoms with Crippen molar-refractivity contribution in [3.63, 3.8) is 0 Å². The van der Waals surface area contributed by atoms with Crippen LogP contribution in [0.2, 0.25) is 0 Å². The van der Waals surface area contributed by atoms with E-state index in [4.69, 9.17) is 0 Å². The number of carbonyl (C=O) groups excluding carboxylic acids is 1. The van der Waals surface area contributed by atoms with Gasteiger partial charge in [0, 0.05) is 18.3 Å². The van der Waals surface area contributed by atoms with Crippen LogP contribution in [0, 0.1) is 5.82 Å². The van der Waals surface area contributed by atoms with Gasteiger partial charge in [-0.3, -0.25) is 9.78 Å². The van der Waals surface area contributed by atoms with E-state index in [0.717, 1.165) is 5.56 Å². The summed E-state index contributed by atoms with van der Waals surface area (Å²) in [7, 11) is 0. The largest absolute Gasteiger partial charge is 0.424 e. The van der Waals surface area contributed by atoms with Gasteiger partial charge >= 0.3 is 6.18 Å². The Hall–Kier alpha value is -3.27. The molecule has 1 N–H and O–H groups in total. The third kappa shape index (κ3) is 3.75. The summed E-state index contributed by atoms with van der Waals surface area (Å²) < 4.78 is 54.3. The number of aliphatic hydroxyl groups is 1. The van der Waals surface area contributed by atoms with Gasteiger partial charge in [0.15, 0.2) is 5.82 Å². The van der Waals surface area contributed by atoms with Crippen molar-refractivity contribution in [3.05, 3.63) is 71.8 Å². The third-order valence-electron chi connectivity index (χ3n) is 5.59. The zero-order valence-corrected chi connectivity index (χ0v) is 17.3. The Bertz CT molecular complexity index is 1140. The Morgan fingerprint density at radius 2 is 1.72 bits per heavy atom. The van der Waals surface area contributed by atoms with Gasteiger partial charge in [0.1, 0.15) is 11.5 Å². The number of hydrogen-bond donors (Lipinski definition) is 1. The summed E-state index contributed by atoms with van der Waals surface area (Å²) in [5.41, 5.74) is -1.08. The van der Waals surface area contributed by atoms with Crippen LogP contribution in [0.5, 0.6) is 0 Å². The first-order chi connectivity index (χ1) is 15.0. The standard InChI is InChI=1S/C22H20F4N4O2/c1-13-11-29(12-17-10-28-20(30(13)17)21(2,32)22(24,25)26)19(31)18-8-5-15(9-27-18)14-3-6-16(23)7-4-14/h3-10,13,32H,11-12H2,1-2H3/t13-,21?/m0/s1. The van der Waals surface area contributed by atoms with E-state index < -0.39 is 23.6 Å². The van der Waals surface area contributed by atoms with Crippen LogP contribution in [0.1, 0.15) is 41.9 Å². The van der Waals surface area contributed by atoms with E-state index >= 15 is 0 Å². The van der Waals surface area contributed by atoms with Crippen molar-refractivity contribution < 1.29 is 27.5 Å². The molecule has 4 rings (SSSR count). The number of imidazole rings is 1. The number of carbonyl (C=O) groups is 1. The molecule has 0 radical (unpaired) electrons. The summed E-state index contributed by atoms with van der Waals surface area (Å²) in [5.74, 6) is -1.23. The first kappa shape index (κ1) is 21.9. The van der Waals surface area contributed by atoms with Crippen molar-refractivity contribution in [2.75, 3.05) is 6.54 Å². The maximum atomic E-state index is 13.3. The summed E-state index contributed by atoms with van der Waals surface area (Å²) >= 11 is 0. The van der Waals surface area contributed by atoms with Gasteiger partial charge < -0.3 is 14.6 Å². The molecule has 0 bridgehead atoms. The second-order valence-corrected chi connectivity index (χ2v) is 7.99. The topological polar surface area (TPSA) is 71.2 Å². The van der Waals surface area contributed by atoms with Gasteiger partial charge in [-0.15, -0.1) is 0 Å². The molecule has 0 saturated heterocycles.